The van der Waals surface area contributed by atoms with E-state index in [0.29, 0.717) is 11.5 Å². The van der Waals surface area contributed by atoms with E-state index in [9.17, 15) is 4.91 Å². The fraction of sp³-hybridized carbons (Fsp3) is 0. The number of allylic oxidation sites excluding steroid dienone is 4. The molecule has 0 bridgehead atoms. The van der Waals surface area contributed by atoms with Crippen LogP contribution in [0.1, 0.15) is 5.56 Å². The highest BCUT2D eigenvalue weighted by molar-refractivity contribution is 6.10. The highest BCUT2D eigenvalue weighted by Gasteiger charge is 2.39. The predicted octanol–water partition coefficient (Wildman–Crippen LogP) is 4.44. The molecule has 1 aliphatic carbocycles. The van der Waals surface area contributed by atoms with Crippen LogP contribution >= 0.6 is 0 Å². The lowest BCUT2D eigenvalue weighted by Gasteiger charge is -2.08. The van der Waals surface area contributed by atoms with Gasteiger partial charge in [-0.1, -0.05) is 24.3 Å². The van der Waals surface area contributed by atoms with Gasteiger partial charge >= 0.3 is 5.69 Å². The van der Waals surface area contributed by atoms with Gasteiger partial charge in [-0.15, -0.1) is 0 Å². The molecule has 7 heteroatoms. The van der Waals surface area contributed by atoms with Crippen LogP contribution in [0.5, 0.6) is 11.5 Å². The highest BCUT2D eigenvalue weighted by Crippen LogP contribution is 2.32. The van der Waals surface area contributed by atoms with Crippen molar-refractivity contribution in [1.82, 2.24) is 4.90 Å². The number of hydrogen-bond donors (Lipinski definition) is 1. The molecule has 0 unspecified atom stereocenters. The van der Waals surface area contributed by atoms with Crippen molar-refractivity contribution in [3.05, 3.63) is 107 Å². The summed E-state index contributed by atoms with van der Waals surface area (Å²) in [7, 11) is 0. The van der Waals surface area contributed by atoms with Crippen molar-refractivity contribution in [2.24, 2.45) is 9.98 Å². The summed E-state index contributed by atoms with van der Waals surface area (Å²) in [6.07, 6.45) is 11.5. The Morgan fingerprint density at radius 1 is 1.07 bits per heavy atom. The second-order valence-electron chi connectivity index (χ2n) is 6.49. The Balaban J connectivity index is 1.39. The summed E-state index contributed by atoms with van der Waals surface area (Å²) in [4.78, 5) is 21.9. The Labute approximate surface area is 166 Å². The zero-order chi connectivity index (χ0) is 19.8. The molecular formula is C22H15N4O3+2. The van der Waals surface area contributed by atoms with Gasteiger partial charge in [-0.05, 0) is 35.2 Å². The van der Waals surface area contributed by atoms with Crippen molar-refractivity contribution in [2.45, 2.75) is 0 Å². The van der Waals surface area contributed by atoms with Crippen molar-refractivity contribution in [2.75, 3.05) is 0 Å². The first-order valence-electron chi connectivity index (χ1n) is 8.94. The molecule has 5 rings (SSSR count). The minimum absolute atomic E-state index is 0.100. The molecule has 7 nitrogen and oxygen atoms in total. The third-order valence-corrected chi connectivity index (χ3v) is 4.66. The summed E-state index contributed by atoms with van der Waals surface area (Å²) in [5.41, 5.74) is 3.96. The van der Waals surface area contributed by atoms with Crippen LogP contribution in [0.4, 0.5) is 5.69 Å². The molecule has 1 N–H and O–H groups in total. The highest BCUT2D eigenvalue weighted by atomic mass is 16.6. The van der Waals surface area contributed by atoms with Crippen molar-refractivity contribution in [1.29, 1.82) is 0 Å². The molecule has 139 valence electrons. The van der Waals surface area contributed by atoms with E-state index in [2.05, 4.69) is 4.99 Å². The zero-order valence-corrected chi connectivity index (χ0v) is 15.1. The number of rotatable bonds is 5. The lowest BCUT2D eigenvalue weighted by Crippen LogP contribution is -2.30. The Kier molecular flexibility index (Phi) is 4.00. The number of aliphatic imine (C=N–C) groups is 2. The Morgan fingerprint density at radius 3 is 2.62 bits per heavy atom. The SMILES string of the molecule is O=[N+](O)c1cccc(Oc2ccc(C3=NC(C4=CC=C4)=C4C=NC=C[N+]34)cc2)c1. The summed E-state index contributed by atoms with van der Waals surface area (Å²) in [5, 5.41) is 9.03. The fourth-order valence-electron chi connectivity index (χ4n) is 3.18. The molecule has 0 atom stereocenters. The van der Waals surface area contributed by atoms with Gasteiger partial charge in [0.05, 0.1) is 29.0 Å². The maximum atomic E-state index is 11.0. The maximum absolute atomic E-state index is 11.0. The molecule has 3 aliphatic rings. The maximum Gasteiger partial charge on any atom is 0.320 e. The van der Waals surface area contributed by atoms with Gasteiger partial charge < -0.3 is 4.74 Å². The van der Waals surface area contributed by atoms with Gasteiger partial charge in [-0.25, -0.2) is 5.21 Å². The molecule has 0 saturated heterocycles. The second-order valence-corrected chi connectivity index (χ2v) is 6.49. The van der Waals surface area contributed by atoms with Crippen LogP contribution in [0.2, 0.25) is 0 Å². The van der Waals surface area contributed by atoms with Gasteiger partial charge in [-0.2, -0.15) is 4.99 Å². The van der Waals surface area contributed by atoms with Gasteiger partial charge in [-0.3, -0.25) is 4.99 Å². The van der Waals surface area contributed by atoms with Crippen LogP contribution in [0.3, 0.4) is 0 Å². The van der Waals surface area contributed by atoms with Gasteiger partial charge in [0, 0.05) is 11.6 Å². The molecule has 2 aromatic rings. The predicted molar refractivity (Wildman–Crippen MR) is 109 cm³/mol. The van der Waals surface area contributed by atoms with E-state index in [-0.39, 0.29) is 10.6 Å². The first-order chi connectivity index (χ1) is 14.2. The van der Waals surface area contributed by atoms with E-state index in [1.54, 1.807) is 18.3 Å². The minimum Gasteiger partial charge on any atom is -0.457 e. The van der Waals surface area contributed by atoms with Crippen LogP contribution < -0.4 is 9.64 Å². The number of ether oxygens (including phenoxy) is 1. The van der Waals surface area contributed by atoms with E-state index in [1.165, 1.54) is 12.1 Å². The largest absolute Gasteiger partial charge is 0.457 e. The smallest absolute Gasteiger partial charge is 0.320 e. The van der Waals surface area contributed by atoms with Crippen LogP contribution in [0.15, 0.2) is 106 Å². The Hall–Kier alpha value is -4.10. The summed E-state index contributed by atoms with van der Waals surface area (Å²) in [5.74, 6) is 1.87. The third kappa shape index (κ3) is 3.09. The molecule has 0 aromatic heterocycles. The van der Waals surface area contributed by atoms with Crippen LogP contribution in [0.25, 0.3) is 0 Å². The van der Waals surface area contributed by atoms with Gasteiger partial charge in [0.1, 0.15) is 17.2 Å². The van der Waals surface area contributed by atoms with Crippen molar-refractivity contribution < 1.29 is 14.9 Å². The van der Waals surface area contributed by atoms with Crippen molar-refractivity contribution in [3.8, 4) is 11.5 Å². The second kappa shape index (κ2) is 6.81. The molecule has 2 aliphatic heterocycles. The van der Waals surface area contributed by atoms with Crippen LogP contribution in [0, 0.1) is 4.91 Å². The Morgan fingerprint density at radius 2 is 1.90 bits per heavy atom. The van der Waals surface area contributed by atoms with Crippen molar-refractivity contribution in [3.63, 3.8) is 0 Å². The first-order valence-corrected chi connectivity index (χ1v) is 8.94. The van der Waals surface area contributed by atoms with Crippen LogP contribution in [-0.4, -0.2) is 22.2 Å². The van der Waals surface area contributed by atoms with Gasteiger partial charge in [0.25, 0.3) is 10.8 Å². The molecule has 29 heavy (non-hydrogen) atoms. The lowest BCUT2D eigenvalue weighted by atomic mass is 10.0. The quantitative estimate of drug-likeness (QED) is 0.612. The first kappa shape index (κ1) is 17.0. The Bertz CT molecular complexity index is 1200. The summed E-state index contributed by atoms with van der Waals surface area (Å²) in [6.45, 7) is 0. The number of hydrogen-bond acceptors (Lipinski definition) is 5. The van der Waals surface area contributed by atoms with E-state index < -0.39 is 0 Å². The number of amidine groups is 1. The summed E-state index contributed by atoms with van der Waals surface area (Å²) < 4.78 is 5.79. The standard InChI is InChI=1S/C22H15N4O3/c27-26(28)17-5-2-6-19(13-17)29-18-9-7-16(8-10-18)22-24-21(15-3-1-4-15)20-14-23-11-12-25(20)22/h1-14H,(H,27,28)/q+2. The lowest BCUT2D eigenvalue weighted by molar-refractivity contribution is -0.729. The van der Waals surface area contributed by atoms with E-state index in [4.69, 9.17) is 14.9 Å². The van der Waals surface area contributed by atoms with Gasteiger partial charge in [0.2, 0.25) is 5.70 Å². The molecule has 0 amide bonds. The average Bonchev–Trinajstić information content (AvgIpc) is 3.07. The van der Waals surface area contributed by atoms with Gasteiger partial charge in [0.15, 0.2) is 6.20 Å². The molecular weight excluding hydrogens is 368 g/mol. The fourth-order valence-corrected chi connectivity index (χ4v) is 3.18. The molecule has 0 spiro atoms. The zero-order valence-electron chi connectivity index (χ0n) is 15.1. The van der Waals surface area contributed by atoms with E-state index >= 15 is 0 Å². The number of nitrogens with zero attached hydrogens (tertiary/aromatic N) is 4. The average molecular weight is 383 g/mol. The summed E-state index contributed by atoms with van der Waals surface area (Å²) in [6, 6.07) is 13.8. The normalized spacial score (nSPS) is 17.0. The molecule has 2 heterocycles. The monoisotopic (exact) mass is 383 g/mol. The number of fused-ring (bicyclic) bond motifs is 1. The molecule has 0 fully saturated rings. The minimum atomic E-state index is -0.196. The molecule has 0 saturated carbocycles. The molecule has 2 aromatic carbocycles. The van der Waals surface area contributed by atoms with E-state index in [1.807, 2.05) is 59.8 Å². The topological polar surface area (TPSA) is 80.2 Å². The van der Waals surface area contributed by atoms with E-state index in [0.717, 1.165) is 28.4 Å². The summed E-state index contributed by atoms with van der Waals surface area (Å²) >= 11 is 0. The number of benzene rings is 2. The molecule has 1 radical (unpaired) electrons. The third-order valence-electron chi connectivity index (χ3n) is 4.66. The van der Waals surface area contributed by atoms with Crippen LogP contribution in [-0.2, 0) is 0 Å². The van der Waals surface area contributed by atoms with Crippen molar-refractivity contribution >= 4 is 17.7 Å².